The van der Waals surface area contributed by atoms with Crippen LogP contribution in [0.3, 0.4) is 0 Å². The Hall–Kier alpha value is -1.07. The minimum Gasteiger partial charge on any atom is -0.337 e. The normalized spacial score (nSPS) is 23.6. The van der Waals surface area contributed by atoms with Crippen LogP contribution in [-0.2, 0) is 9.84 Å². The van der Waals surface area contributed by atoms with Gasteiger partial charge in [-0.25, -0.2) is 8.42 Å². The van der Waals surface area contributed by atoms with Gasteiger partial charge in [0.05, 0.1) is 10.3 Å². The van der Waals surface area contributed by atoms with E-state index < -0.39 is 9.84 Å². The Labute approximate surface area is 124 Å². The Morgan fingerprint density at radius 3 is 2.40 bits per heavy atom. The van der Waals surface area contributed by atoms with Crippen LogP contribution in [0.1, 0.15) is 23.7 Å². The summed E-state index contributed by atoms with van der Waals surface area (Å²) in [4.78, 5) is 14.3. The minimum absolute atomic E-state index is 0.0250. The fourth-order valence-corrected chi connectivity index (χ4v) is 3.16. The first-order valence-electron chi connectivity index (χ1n) is 6.52. The molecule has 1 saturated heterocycles. The second kappa shape index (κ2) is 5.74. The van der Waals surface area contributed by atoms with E-state index in [0.717, 1.165) is 12.7 Å². The highest BCUT2D eigenvalue weighted by atomic mass is 35.5. The molecule has 0 radical (unpaired) electrons. The van der Waals surface area contributed by atoms with Crippen LogP contribution in [0.25, 0.3) is 0 Å². The molecule has 4 nitrogen and oxygen atoms in total. The molecular weight excluding hydrogens is 298 g/mol. The molecule has 0 N–H and O–H groups in total. The van der Waals surface area contributed by atoms with Crippen molar-refractivity contribution in [3.05, 3.63) is 29.8 Å². The van der Waals surface area contributed by atoms with Gasteiger partial charge in [0.2, 0.25) is 0 Å². The van der Waals surface area contributed by atoms with Crippen LogP contribution in [0.2, 0.25) is 0 Å². The molecule has 0 aromatic heterocycles. The monoisotopic (exact) mass is 315 g/mol. The Kier molecular flexibility index (Phi) is 4.39. The Morgan fingerprint density at radius 2 is 1.90 bits per heavy atom. The first-order chi connectivity index (χ1) is 9.29. The van der Waals surface area contributed by atoms with Gasteiger partial charge in [-0.3, -0.25) is 4.79 Å². The van der Waals surface area contributed by atoms with Crippen LogP contribution in [0, 0.1) is 5.92 Å². The molecule has 0 spiro atoms. The van der Waals surface area contributed by atoms with Crippen LogP contribution < -0.4 is 0 Å². The van der Waals surface area contributed by atoms with E-state index >= 15 is 0 Å². The van der Waals surface area contributed by atoms with Gasteiger partial charge in [0, 0.05) is 24.9 Å². The van der Waals surface area contributed by atoms with Crippen molar-refractivity contribution in [2.45, 2.75) is 23.6 Å². The molecule has 20 heavy (non-hydrogen) atoms. The van der Waals surface area contributed by atoms with E-state index in [0.29, 0.717) is 24.6 Å². The molecule has 2 unspecified atom stereocenters. The first-order valence-corrected chi connectivity index (χ1v) is 8.85. The summed E-state index contributed by atoms with van der Waals surface area (Å²) in [5, 5.41) is -0.0250. The van der Waals surface area contributed by atoms with Crippen molar-refractivity contribution in [1.82, 2.24) is 4.90 Å². The topological polar surface area (TPSA) is 54.5 Å². The van der Waals surface area contributed by atoms with Gasteiger partial charge in [0.1, 0.15) is 0 Å². The maximum Gasteiger partial charge on any atom is 0.253 e. The van der Waals surface area contributed by atoms with Gasteiger partial charge in [-0.2, -0.15) is 0 Å². The van der Waals surface area contributed by atoms with Crippen LogP contribution in [0.5, 0.6) is 0 Å². The van der Waals surface area contributed by atoms with Gasteiger partial charge in [-0.05, 0) is 36.6 Å². The molecule has 1 amide bonds. The Balaban J connectivity index is 2.14. The molecule has 6 heteroatoms. The highest BCUT2D eigenvalue weighted by Gasteiger charge is 2.27. The lowest BCUT2D eigenvalue weighted by molar-refractivity contribution is 0.0701. The zero-order valence-electron chi connectivity index (χ0n) is 11.5. The molecule has 1 fully saturated rings. The van der Waals surface area contributed by atoms with Crippen molar-refractivity contribution in [3.63, 3.8) is 0 Å². The van der Waals surface area contributed by atoms with Gasteiger partial charge in [0.25, 0.3) is 5.91 Å². The summed E-state index contributed by atoms with van der Waals surface area (Å²) in [5.74, 6) is 0.316. The molecule has 2 atom stereocenters. The zero-order chi connectivity index (χ0) is 14.9. The number of carbonyl (C=O) groups is 1. The first kappa shape index (κ1) is 15.3. The third-order valence-corrected chi connectivity index (χ3v) is 5.38. The largest absolute Gasteiger partial charge is 0.337 e. The molecule has 1 aromatic carbocycles. The van der Waals surface area contributed by atoms with Gasteiger partial charge >= 0.3 is 0 Å². The second-order valence-electron chi connectivity index (χ2n) is 5.33. The highest BCUT2D eigenvalue weighted by Crippen LogP contribution is 2.23. The smallest absolute Gasteiger partial charge is 0.253 e. The third-order valence-electron chi connectivity index (χ3n) is 3.68. The summed E-state index contributed by atoms with van der Waals surface area (Å²) < 4.78 is 22.8. The lowest BCUT2D eigenvalue weighted by Gasteiger charge is -2.34. The quantitative estimate of drug-likeness (QED) is 0.786. The van der Waals surface area contributed by atoms with Crippen molar-refractivity contribution in [3.8, 4) is 0 Å². The summed E-state index contributed by atoms with van der Waals surface area (Å²) in [6.45, 7) is 3.31. The molecule has 1 aliphatic heterocycles. The molecule has 110 valence electrons. The van der Waals surface area contributed by atoms with E-state index in [-0.39, 0.29) is 16.2 Å². The van der Waals surface area contributed by atoms with Crippen LogP contribution in [0.15, 0.2) is 29.2 Å². The Bertz CT molecular complexity index is 597. The van der Waals surface area contributed by atoms with Gasteiger partial charge in [-0.1, -0.05) is 6.92 Å². The number of hydrogen-bond acceptors (Lipinski definition) is 3. The number of rotatable bonds is 2. The number of sulfone groups is 1. The van der Waals surface area contributed by atoms with Crippen LogP contribution >= 0.6 is 11.6 Å². The van der Waals surface area contributed by atoms with Crippen LogP contribution in [0.4, 0.5) is 0 Å². The maximum absolute atomic E-state index is 12.3. The summed E-state index contributed by atoms with van der Waals surface area (Å²) in [7, 11) is -3.23. The van der Waals surface area contributed by atoms with E-state index in [1.54, 1.807) is 17.0 Å². The fourth-order valence-electron chi connectivity index (χ4n) is 2.23. The lowest BCUT2D eigenvalue weighted by atomic mass is 9.98. The standard InChI is InChI=1S/C14H18ClNO3S/c1-10-7-8-16(9-13(10)15)14(17)11-3-5-12(6-4-11)20(2,18)19/h3-6,10,13H,7-9H2,1-2H3. The van der Waals surface area contributed by atoms with Crippen molar-refractivity contribution in [2.75, 3.05) is 19.3 Å². The number of hydrogen-bond donors (Lipinski definition) is 0. The number of alkyl halides is 1. The predicted molar refractivity (Wildman–Crippen MR) is 78.9 cm³/mol. The van der Waals surface area contributed by atoms with Gasteiger partial charge in [0.15, 0.2) is 9.84 Å². The number of nitrogens with zero attached hydrogens (tertiary/aromatic N) is 1. The molecule has 1 aliphatic rings. The number of amides is 1. The maximum atomic E-state index is 12.3. The molecule has 1 heterocycles. The molecule has 0 aliphatic carbocycles. The molecule has 2 rings (SSSR count). The number of piperidine rings is 1. The van der Waals surface area contributed by atoms with E-state index in [9.17, 15) is 13.2 Å². The number of likely N-dealkylation sites (tertiary alicyclic amines) is 1. The van der Waals surface area contributed by atoms with Crippen molar-refractivity contribution in [1.29, 1.82) is 0 Å². The minimum atomic E-state index is -3.23. The fraction of sp³-hybridized carbons (Fsp3) is 0.500. The number of halogens is 1. The SMILES string of the molecule is CC1CCN(C(=O)c2ccc(S(C)(=O)=O)cc2)CC1Cl. The molecule has 1 aromatic rings. The average Bonchev–Trinajstić information content (AvgIpc) is 2.40. The van der Waals surface area contributed by atoms with Crippen molar-refractivity contribution in [2.24, 2.45) is 5.92 Å². The van der Waals surface area contributed by atoms with E-state index in [1.807, 2.05) is 0 Å². The van der Waals surface area contributed by atoms with E-state index in [2.05, 4.69) is 6.92 Å². The Morgan fingerprint density at radius 1 is 1.30 bits per heavy atom. The van der Waals surface area contributed by atoms with Crippen LogP contribution in [-0.4, -0.2) is 43.9 Å². The molecule has 0 bridgehead atoms. The van der Waals surface area contributed by atoms with E-state index in [1.165, 1.54) is 12.1 Å². The van der Waals surface area contributed by atoms with Gasteiger partial charge < -0.3 is 4.90 Å². The third kappa shape index (κ3) is 3.33. The molecule has 0 saturated carbocycles. The van der Waals surface area contributed by atoms with Crippen molar-refractivity contribution < 1.29 is 13.2 Å². The lowest BCUT2D eigenvalue weighted by Crippen LogP contribution is -2.43. The second-order valence-corrected chi connectivity index (χ2v) is 7.91. The van der Waals surface area contributed by atoms with Crippen molar-refractivity contribution >= 4 is 27.3 Å². The predicted octanol–water partition coefficient (Wildman–Crippen LogP) is 2.18. The molecular formula is C14H18ClNO3S. The highest BCUT2D eigenvalue weighted by molar-refractivity contribution is 7.90. The zero-order valence-corrected chi connectivity index (χ0v) is 13.1. The van der Waals surface area contributed by atoms with Gasteiger partial charge in [-0.15, -0.1) is 11.6 Å². The summed E-state index contributed by atoms with van der Waals surface area (Å²) >= 11 is 6.21. The average molecular weight is 316 g/mol. The van der Waals surface area contributed by atoms with E-state index in [4.69, 9.17) is 11.6 Å². The number of benzene rings is 1. The summed E-state index contributed by atoms with van der Waals surface area (Å²) in [6.07, 6.45) is 2.04. The summed E-state index contributed by atoms with van der Waals surface area (Å²) in [6, 6.07) is 6.04. The number of carbonyl (C=O) groups excluding carboxylic acids is 1. The summed E-state index contributed by atoms with van der Waals surface area (Å²) in [5.41, 5.74) is 0.496.